The molecule has 18 heavy (non-hydrogen) atoms. The van der Waals surface area contributed by atoms with Gasteiger partial charge in [-0.25, -0.2) is 0 Å². The van der Waals surface area contributed by atoms with Crippen LogP contribution >= 0.6 is 23.2 Å². The number of hydrogen-bond acceptors (Lipinski definition) is 2. The highest BCUT2D eigenvalue weighted by Crippen LogP contribution is 2.28. The molecule has 4 heteroatoms. The van der Waals surface area contributed by atoms with Gasteiger partial charge in [-0.1, -0.05) is 35.3 Å². The lowest BCUT2D eigenvalue weighted by Crippen LogP contribution is -1.83. The summed E-state index contributed by atoms with van der Waals surface area (Å²) in [5.74, 6) is 0. The first kappa shape index (κ1) is 12.5. The number of nitriles is 2. The second-order valence-electron chi connectivity index (χ2n) is 3.61. The van der Waals surface area contributed by atoms with Crippen LogP contribution in [0, 0.1) is 22.7 Å². The second-order valence-corrected chi connectivity index (χ2v) is 4.43. The fourth-order valence-corrected chi connectivity index (χ4v) is 2.02. The number of hydrogen-bond donors (Lipinski definition) is 0. The maximum absolute atomic E-state index is 8.80. The summed E-state index contributed by atoms with van der Waals surface area (Å²) in [5, 5.41) is 18.4. The maximum atomic E-state index is 8.80. The highest BCUT2D eigenvalue weighted by Gasteiger charge is 2.06. The molecule has 0 unspecified atom stereocenters. The minimum Gasteiger partial charge on any atom is -0.192 e. The molecule has 0 saturated heterocycles. The van der Waals surface area contributed by atoms with Crippen molar-refractivity contribution in [3.63, 3.8) is 0 Å². The molecule has 0 aliphatic heterocycles. The molecule has 0 amide bonds. The molecule has 0 bridgehead atoms. The molecule has 2 nitrogen and oxygen atoms in total. The van der Waals surface area contributed by atoms with E-state index in [1.54, 1.807) is 36.4 Å². The van der Waals surface area contributed by atoms with E-state index < -0.39 is 0 Å². The van der Waals surface area contributed by atoms with Gasteiger partial charge in [0.25, 0.3) is 0 Å². The van der Waals surface area contributed by atoms with Crippen molar-refractivity contribution >= 4 is 23.2 Å². The smallest absolute Gasteiger partial charge is 0.101 e. The van der Waals surface area contributed by atoms with Gasteiger partial charge in [0.15, 0.2) is 0 Å². The van der Waals surface area contributed by atoms with Gasteiger partial charge in [0.2, 0.25) is 0 Å². The predicted octanol–water partition coefficient (Wildman–Crippen LogP) is 4.40. The third-order valence-corrected chi connectivity index (χ3v) is 3.14. The predicted molar refractivity (Wildman–Crippen MR) is 71.3 cm³/mol. The van der Waals surface area contributed by atoms with Crippen molar-refractivity contribution in [1.82, 2.24) is 0 Å². The average Bonchev–Trinajstić information content (AvgIpc) is 2.38. The third-order valence-electron chi connectivity index (χ3n) is 2.51. The highest BCUT2D eigenvalue weighted by molar-refractivity contribution is 6.32. The molecule has 0 atom stereocenters. The van der Waals surface area contributed by atoms with Gasteiger partial charge in [-0.05, 0) is 35.4 Å². The quantitative estimate of drug-likeness (QED) is 0.772. The Labute approximate surface area is 115 Å². The van der Waals surface area contributed by atoms with Crippen LogP contribution in [0.2, 0.25) is 10.0 Å². The van der Waals surface area contributed by atoms with Crippen LogP contribution in [0.25, 0.3) is 11.1 Å². The Morgan fingerprint density at radius 3 is 1.39 bits per heavy atom. The zero-order chi connectivity index (χ0) is 13.1. The fraction of sp³-hybridized carbons (Fsp3) is 0. The lowest BCUT2D eigenvalue weighted by atomic mass is 10.0. The second kappa shape index (κ2) is 5.10. The number of nitrogens with zero attached hydrogens (tertiary/aromatic N) is 2. The molecule has 0 heterocycles. The molecule has 0 N–H and O–H groups in total. The molecule has 2 aromatic rings. The summed E-state index contributed by atoms with van der Waals surface area (Å²) in [4.78, 5) is 0. The first-order valence-electron chi connectivity index (χ1n) is 5.05. The van der Waals surface area contributed by atoms with E-state index in [1.165, 1.54) is 0 Å². The third kappa shape index (κ3) is 2.31. The normalized spacial score (nSPS) is 9.56. The summed E-state index contributed by atoms with van der Waals surface area (Å²) in [6, 6.07) is 14.3. The van der Waals surface area contributed by atoms with Gasteiger partial charge in [-0.3, -0.25) is 0 Å². The Morgan fingerprint density at radius 2 is 1.11 bits per heavy atom. The molecule has 0 aliphatic carbocycles. The number of benzene rings is 2. The van der Waals surface area contributed by atoms with Crippen molar-refractivity contribution in [1.29, 1.82) is 10.5 Å². The summed E-state index contributed by atoms with van der Waals surface area (Å²) in [5.41, 5.74) is 2.57. The Kier molecular flexibility index (Phi) is 3.53. The van der Waals surface area contributed by atoms with Crippen LogP contribution in [-0.4, -0.2) is 0 Å². The van der Waals surface area contributed by atoms with Gasteiger partial charge in [-0.15, -0.1) is 0 Å². The lowest BCUT2D eigenvalue weighted by Gasteiger charge is -2.04. The summed E-state index contributed by atoms with van der Waals surface area (Å²) >= 11 is 11.9. The lowest BCUT2D eigenvalue weighted by molar-refractivity contribution is 1.47. The molecule has 0 aromatic heterocycles. The molecule has 0 spiro atoms. The van der Waals surface area contributed by atoms with Gasteiger partial charge < -0.3 is 0 Å². The summed E-state index contributed by atoms with van der Waals surface area (Å²) in [6.07, 6.45) is 0. The van der Waals surface area contributed by atoms with E-state index in [-0.39, 0.29) is 0 Å². The van der Waals surface area contributed by atoms with Crippen LogP contribution in [0.15, 0.2) is 36.4 Å². The van der Waals surface area contributed by atoms with Crippen LogP contribution in [0.3, 0.4) is 0 Å². The van der Waals surface area contributed by atoms with Crippen molar-refractivity contribution in [3.05, 3.63) is 57.6 Å². The molecule has 0 radical (unpaired) electrons. The molecular formula is C14H6Cl2N2. The molecule has 0 fully saturated rings. The van der Waals surface area contributed by atoms with E-state index in [0.717, 1.165) is 11.1 Å². The topological polar surface area (TPSA) is 47.6 Å². The molecular weight excluding hydrogens is 267 g/mol. The number of rotatable bonds is 1. The van der Waals surface area contributed by atoms with Crippen molar-refractivity contribution in [2.24, 2.45) is 0 Å². The van der Waals surface area contributed by atoms with E-state index in [9.17, 15) is 0 Å². The summed E-state index contributed by atoms with van der Waals surface area (Å²) in [7, 11) is 0. The van der Waals surface area contributed by atoms with Crippen LogP contribution in [0.4, 0.5) is 0 Å². The highest BCUT2D eigenvalue weighted by atomic mass is 35.5. The van der Waals surface area contributed by atoms with E-state index in [2.05, 4.69) is 0 Å². The Hall–Kier alpha value is -2.00. The van der Waals surface area contributed by atoms with Gasteiger partial charge in [-0.2, -0.15) is 10.5 Å². The molecule has 0 aliphatic rings. The fourth-order valence-electron chi connectivity index (χ4n) is 1.57. The summed E-state index contributed by atoms with van der Waals surface area (Å²) in [6.45, 7) is 0. The molecule has 86 valence electrons. The van der Waals surface area contributed by atoms with Gasteiger partial charge in [0.05, 0.1) is 21.2 Å². The Morgan fingerprint density at radius 1 is 0.722 bits per heavy atom. The van der Waals surface area contributed by atoms with E-state index in [0.29, 0.717) is 21.2 Å². The minimum absolute atomic E-state index is 0.399. The van der Waals surface area contributed by atoms with Gasteiger partial charge in [0.1, 0.15) is 12.1 Å². The molecule has 2 aromatic carbocycles. The maximum Gasteiger partial charge on any atom is 0.101 e. The first-order chi connectivity index (χ1) is 8.65. The standard InChI is InChI=1S/C14H6Cl2N2/c15-13-5-9(1-3-11(13)7-17)10-2-4-12(8-18)14(16)6-10/h1-6H. The van der Waals surface area contributed by atoms with Crippen LogP contribution in [-0.2, 0) is 0 Å². The van der Waals surface area contributed by atoms with Crippen molar-refractivity contribution in [2.45, 2.75) is 0 Å². The first-order valence-corrected chi connectivity index (χ1v) is 5.81. The van der Waals surface area contributed by atoms with Crippen molar-refractivity contribution < 1.29 is 0 Å². The largest absolute Gasteiger partial charge is 0.192 e. The average molecular weight is 273 g/mol. The zero-order valence-corrected chi connectivity index (χ0v) is 10.6. The van der Waals surface area contributed by atoms with Crippen molar-refractivity contribution in [2.75, 3.05) is 0 Å². The molecule has 0 saturated carbocycles. The minimum atomic E-state index is 0.399. The van der Waals surface area contributed by atoms with E-state index in [4.69, 9.17) is 33.7 Å². The van der Waals surface area contributed by atoms with Crippen molar-refractivity contribution in [3.8, 4) is 23.3 Å². The monoisotopic (exact) mass is 272 g/mol. The zero-order valence-electron chi connectivity index (χ0n) is 9.11. The Bertz CT molecular complexity index is 632. The van der Waals surface area contributed by atoms with E-state index in [1.807, 2.05) is 12.1 Å². The molecule has 2 rings (SSSR count). The SMILES string of the molecule is N#Cc1ccc(-c2ccc(C#N)c(Cl)c2)cc1Cl. The van der Waals surface area contributed by atoms with Crippen LogP contribution in [0.5, 0.6) is 0 Å². The van der Waals surface area contributed by atoms with E-state index >= 15 is 0 Å². The van der Waals surface area contributed by atoms with Gasteiger partial charge >= 0.3 is 0 Å². The van der Waals surface area contributed by atoms with Gasteiger partial charge in [0, 0.05) is 0 Å². The summed E-state index contributed by atoms with van der Waals surface area (Å²) < 4.78 is 0. The van der Waals surface area contributed by atoms with Crippen LogP contribution in [0.1, 0.15) is 11.1 Å². The number of halogens is 2. The van der Waals surface area contributed by atoms with Crippen LogP contribution < -0.4 is 0 Å². The Balaban J connectivity index is 2.51.